The molecule has 0 aliphatic heterocycles. The molecule has 0 spiro atoms. The van der Waals surface area contributed by atoms with Crippen molar-refractivity contribution in [3.05, 3.63) is 20.9 Å². The van der Waals surface area contributed by atoms with Crippen molar-refractivity contribution in [1.29, 1.82) is 0 Å². The minimum absolute atomic E-state index is 0.356. The van der Waals surface area contributed by atoms with E-state index in [1.54, 1.807) is 13.8 Å². The van der Waals surface area contributed by atoms with E-state index in [9.17, 15) is 9.59 Å². The maximum atomic E-state index is 11.2. The lowest BCUT2D eigenvalue weighted by molar-refractivity contribution is -0.131. The third-order valence-corrected chi connectivity index (χ3v) is 3.11. The molecule has 1 rings (SSSR count). The predicted octanol–water partition coefficient (Wildman–Crippen LogP) is 1.94. The maximum Gasteiger partial charge on any atom is 0.377 e. The summed E-state index contributed by atoms with van der Waals surface area (Å²) in [5, 5.41) is 8.55. The predicted molar refractivity (Wildman–Crippen MR) is 50.5 cm³/mol. The Bertz CT molecular complexity index is 376. The molecule has 0 aliphatic carbocycles. The average molecular weight is 198 g/mol. The van der Waals surface area contributed by atoms with Crippen LogP contribution in [0.25, 0.3) is 0 Å². The quantitative estimate of drug-likeness (QED) is 0.583. The number of aliphatic carboxylic acids is 1. The van der Waals surface area contributed by atoms with Gasteiger partial charge in [-0.3, -0.25) is 4.79 Å². The molecule has 0 unspecified atom stereocenters. The number of ketones is 1. The minimum Gasteiger partial charge on any atom is -0.475 e. The number of hydrogen-bond donors (Lipinski definition) is 1. The maximum absolute atomic E-state index is 11.2. The van der Waals surface area contributed by atoms with Gasteiger partial charge in [0.05, 0.1) is 0 Å². The van der Waals surface area contributed by atoms with Gasteiger partial charge >= 0.3 is 5.97 Å². The normalized spacial score (nSPS) is 10.1. The SMILES string of the molecule is Cc1sc(C)c(C(=O)C(=O)O)c1C. The Morgan fingerprint density at radius 1 is 1.15 bits per heavy atom. The highest BCUT2D eigenvalue weighted by Crippen LogP contribution is 2.26. The van der Waals surface area contributed by atoms with Crippen LogP contribution in [0.5, 0.6) is 0 Å². The number of aryl methyl sites for hydroxylation is 2. The van der Waals surface area contributed by atoms with Gasteiger partial charge in [0.1, 0.15) is 0 Å². The Hall–Kier alpha value is -1.16. The van der Waals surface area contributed by atoms with Crippen molar-refractivity contribution in [3.8, 4) is 0 Å². The molecule has 0 atom stereocenters. The van der Waals surface area contributed by atoms with Crippen LogP contribution in [-0.4, -0.2) is 16.9 Å². The third kappa shape index (κ3) is 1.62. The summed E-state index contributed by atoms with van der Waals surface area (Å²) in [4.78, 5) is 23.5. The molecule has 0 bridgehead atoms. The van der Waals surface area contributed by atoms with E-state index in [4.69, 9.17) is 5.11 Å². The third-order valence-electron chi connectivity index (χ3n) is 1.98. The van der Waals surface area contributed by atoms with Gasteiger partial charge in [0.15, 0.2) is 0 Å². The molecule has 13 heavy (non-hydrogen) atoms. The highest BCUT2D eigenvalue weighted by molar-refractivity contribution is 7.12. The van der Waals surface area contributed by atoms with Gasteiger partial charge < -0.3 is 5.11 Å². The lowest BCUT2D eigenvalue weighted by Gasteiger charge is -1.96. The minimum atomic E-state index is -1.39. The molecule has 0 saturated heterocycles. The molecular weight excluding hydrogens is 188 g/mol. The van der Waals surface area contributed by atoms with E-state index in [1.165, 1.54) is 11.3 Å². The molecule has 0 radical (unpaired) electrons. The van der Waals surface area contributed by atoms with Crippen LogP contribution in [0.15, 0.2) is 0 Å². The van der Waals surface area contributed by atoms with E-state index in [0.29, 0.717) is 5.56 Å². The summed E-state index contributed by atoms with van der Waals surface area (Å²) in [7, 11) is 0. The molecule has 0 fully saturated rings. The van der Waals surface area contributed by atoms with Crippen molar-refractivity contribution >= 4 is 23.1 Å². The second-order valence-corrected chi connectivity index (χ2v) is 4.28. The molecule has 1 aromatic rings. The second-order valence-electron chi connectivity index (χ2n) is 2.85. The van der Waals surface area contributed by atoms with Crippen LogP contribution in [0, 0.1) is 20.8 Å². The number of rotatable bonds is 2. The van der Waals surface area contributed by atoms with Crippen molar-refractivity contribution < 1.29 is 14.7 Å². The van der Waals surface area contributed by atoms with Crippen LogP contribution < -0.4 is 0 Å². The number of carboxylic acid groups (broad SMARTS) is 1. The molecule has 3 nitrogen and oxygen atoms in total. The van der Waals surface area contributed by atoms with Crippen molar-refractivity contribution in [2.24, 2.45) is 0 Å². The zero-order valence-corrected chi connectivity index (χ0v) is 8.49. The highest BCUT2D eigenvalue weighted by Gasteiger charge is 2.21. The van der Waals surface area contributed by atoms with E-state index in [2.05, 4.69) is 0 Å². The Morgan fingerprint density at radius 3 is 2.00 bits per heavy atom. The van der Waals surface area contributed by atoms with E-state index in [0.717, 1.165) is 15.3 Å². The number of thiophene rings is 1. The van der Waals surface area contributed by atoms with E-state index in [-0.39, 0.29) is 0 Å². The Morgan fingerprint density at radius 2 is 1.69 bits per heavy atom. The summed E-state index contributed by atoms with van der Waals surface area (Å²) in [6.45, 7) is 5.42. The van der Waals surface area contributed by atoms with Gasteiger partial charge in [0.25, 0.3) is 5.78 Å². The first-order chi connectivity index (χ1) is 5.95. The summed E-state index contributed by atoms with van der Waals surface area (Å²) < 4.78 is 0. The fourth-order valence-electron chi connectivity index (χ4n) is 1.23. The zero-order chi connectivity index (χ0) is 10.2. The van der Waals surface area contributed by atoms with Gasteiger partial charge in [-0.25, -0.2) is 4.79 Å². The van der Waals surface area contributed by atoms with Crippen LogP contribution >= 0.6 is 11.3 Å². The van der Waals surface area contributed by atoms with Crippen molar-refractivity contribution in [2.75, 3.05) is 0 Å². The van der Waals surface area contributed by atoms with Gasteiger partial charge in [-0.2, -0.15) is 0 Å². The first-order valence-corrected chi connectivity index (χ1v) is 4.61. The monoisotopic (exact) mass is 198 g/mol. The summed E-state index contributed by atoms with van der Waals surface area (Å²) in [6, 6.07) is 0. The largest absolute Gasteiger partial charge is 0.475 e. The first kappa shape index (κ1) is 9.92. The van der Waals surface area contributed by atoms with Gasteiger partial charge in [-0.1, -0.05) is 0 Å². The van der Waals surface area contributed by atoms with Crippen LogP contribution in [0.1, 0.15) is 25.7 Å². The molecule has 4 heteroatoms. The van der Waals surface area contributed by atoms with Gasteiger partial charge in [0, 0.05) is 15.3 Å². The van der Waals surface area contributed by atoms with Crippen LogP contribution in [-0.2, 0) is 4.79 Å². The van der Waals surface area contributed by atoms with E-state index in [1.807, 2.05) is 6.92 Å². The number of carbonyl (C=O) groups excluding carboxylic acids is 1. The fraction of sp³-hybridized carbons (Fsp3) is 0.333. The van der Waals surface area contributed by atoms with Crippen LogP contribution in [0.3, 0.4) is 0 Å². The number of hydrogen-bond acceptors (Lipinski definition) is 3. The summed E-state index contributed by atoms with van der Waals surface area (Å²) >= 11 is 1.46. The molecule has 1 heterocycles. The molecule has 0 aliphatic rings. The van der Waals surface area contributed by atoms with Crippen LogP contribution in [0.4, 0.5) is 0 Å². The van der Waals surface area contributed by atoms with Gasteiger partial charge in [0.2, 0.25) is 0 Å². The Balaban J connectivity index is 3.29. The average Bonchev–Trinajstić information content (AvgIpc) is 2.26. The Kier molecular flexibility index (Phi) is 2.52. The molecule has 1 aromatic heterocycles. The molecule has 1 N–H and O–H groups in total. The van der Waals surface area contributed by atoms with Gasteiger partial charge in [-0.05, 0) is 26.3 Å². The van der Waals surface area contributed by atoms with E-state index >= 15 is 0 Å². The summed E-state index contributed by atoms with van der Waals surface area (Å²) in [5.41, 5.74) is 1.14. The van der Waals surface area contributed by atoms with E-state index < -0.39 is 11.8 Å². The fourth-order valence-corrected chi connectivity index (χ4v) is 2.30. The standard InChI is InChI=1S/C9H10O3S/c1-4-5(2)13-6(3)7(4)8(10)9(11)12/h1-3H3,(H,11,12). The molecular formula is C9H10O3S. The lowest BCUT2D eigenvalue weighted by Crippen LogP contribution is -2.14. The topological polar surface area (TPSA) is 54.4 Å². The molecule has 0 saturated carbocycles. The number of Topliss-reactive ketones (excluding diaryl/α,β-unsaturated/α-hetero) is 1. The smallest absolute Gasteiger partial charge is 0.377 e. The van der Waals surface area contributed by atoms with Crippen molar-refractivity contribution in [1.82, 2.24) is 0 Å². The highest BCUT2D eigenvalue weighted by atomic mass is 32.1. The molecule has 70 valence electrons. The number of carboxylic acids is 1. The lowest BCUT2D eigenvalue weighted by atomic mass is 10.1. The first-order valence-electron chi connectivity index (χ1n) is 3.79. The summed E-state index contributed by atoms with van der Waals surface area (Å²) in [6.07, 6.45) is 0. The van der Waals surface area contributed by atoms with Crippen molar-refractivity contribution in [3.63, 3.8) is 0 Å². The molecule has 0 amide bonds. The van der Waals surface area contributed by atoms with Crippen molar-refractivity contribution in [2.45, 2.75) is 20.8 Å². The Labute approximate surface area is 80.0 Å². The molecule has 0 aromatic carbocycles. The number of carbonyl (C=O) groups is 2. The van der Waals surface area contributed by atoms with Crippen LogP contribution in [0.2, 0.25) is 0 Å². The summed E-state index contributed by atoms with van der Waals surface area (Å²) in [5.74, 6) is -2.19. The second kappa shape index (κ2) is 3.30. The zero-order valence-electron chi connectivity index (χ0n) is 7.67. The van der Waals surface area contributed by atoms with Gasteiger partial charge in [-0.15, -0.1) is 11.3 Å².